The molecule has 198 valence electrons. The summed E-state index contributed by atoms with van der Waals surface area (Å²) in [4.78, 5) is 12.3. The van der Waals surface area contributed by atoms with Crippen molar-refractivity contribution < 1.29 is 24.9 Å². The molecule has 3 N–H and O–H groups in total. The normalized spacial score (nSPS) is 63.4. The molecule has 6 fully saturated rings. The van der Waals surface area contributed by atoms with E-state index >= 15 is 0 Å². The van der Waals surface area contributed by atoms with Gasteiger partial charge in [-0.3, -0.25) is 4.79 Å². The molecule has 1 spiro atoms. The SMILES string of the molecule is C[C@@H]1C23CCC4[C@@](C)(CC[C@@]5(C)C6C[C@](C)(C(=O)O)CC[C@]6(C)CC[C@]45C)C2C[C@@H](O)[C@]1(O)OC3. The standard InChI is InChI=1S/C30H48O5/c1-18-29-8-7-19-26(4,20(29)15-22(31)30(18,34)35-17-29)12-14-28(6)21-16-25(3,23(32)33)10-9-24(21,2)11-13-27(19,28)5/h18-22,31,34H,7-17H2,1-6H3,(H,32,33)/t18-,19?,20?,21?,22-,24-,25-,26-,27-,28+,29?,30-/m1/s1. The fraction of sp³-hybridized carbons (Fsp3) is 0.967. The van der Waals surface area contributed by atoms with Gasteiger partial charge in [0, 0.05) is 11.3 Å². The van der Waals surface area contributed by atoms with Crippen LogP contribution in [0.5, 0.6) is 0 Å². The van der Waals surface area contributed by atoms with Gasteiger partial charge in [0.05, 0.1) is 12.0 Å². The van der Waals surface area contributed by atoms with Gasteiger partial charge in [-0.1, -0.05) is 34.6 Å². The number of hydrogen-bond acceptors (Lipinski definition) is 4. The highest BCUT2D eigenvalue weighted by Crippen LogP contribution is 2.79. The first-order valence-electron chi connectivity index (χ1n) is 14.4. The highest BCUT2D eigenvalue weighted by Gasteiger charge is 2.75. The van der Waals surface area contributed by atoms with Crippen molar-refractivity contribution in [3.05, 3.63) is 0 Å². The Morgan fingerprint density at radius 3 is 2.17 bits per heavy atom. The third kappa shape index (κ3) is 2.64. The van der Waals surface area contributed by atoms with E-state index in [0.717, 1.165) is 44.9 Å². The van der Waals surface area contributed by atoms with Gasteiger partial charge in [-0.25, -0.2) is 0 Å². The van der Waals surface area contributed by atoms with Crippen molar-refractivity contribution in [1.82, 2.24) is 0 Å². The molecule has 4 unspecified atom stereocenters. The molecule has 6 aliphatic rings. The molecule has 0 radical (unpaired) electrons. The van der Waals surface area contributed by atoms with Crippen LogP contribution in [0.2, 0.25) is 0 Å². The van der Waals surface area contributed by atoms with E-state index in [2.05, 4.69) is 34.6 Å². The van der Waals surface area contributed by atoms with Crippen LogP contribution in [0.1, 0.15) is 106 Å². The van der Waals surface area contributed by atoms with Gasteiger partial charge >= 0.3 is 5.97 Å². The lowest BCUT2D eigenvalue weighted by atomic mass is 9.30. The van der Waals surface area contributed by atoms with Gasteiger partial charge in [-0.05, 0) is 111 Å². The van der Waals surface area contributed by atoms with Crippen molar-refractivity contribution in [3.8, 4) is 0 Å². The number of carboxylic acids is 1. The van der Waals surface area contributed by atoms with Crippen molar-refractivity contribution >= 4 is 5.97 Å². The summed E-state index contributed by atoms with van der Waals surface area (Å²) in [6.45, 7) is 14.7. The predicted molar refractivity (Wildman–Crippen MR) is 133 cm³/mol. The van der Waals surface area contributed by atoms with Crippen molar-refractivity contribution in [1.29, 1.82) is 0 Å². The molecular weight excluding hydrogens is 440 g/mol. The molecule has 0 aromatic heterocycles. The Morgan fingerprint density at radius 1 is 0.857 bits per heavy atom. The number of fused-ring (bicyclic) bond motifs is 7. The summed E-state index contributed by atoms with van der Waals surface area (Å²) in [6.07, 6.45) is 9.34. The number of aliphatic hydroxyl groups is 2. The molecule has 5 nitrogen and oxygen atoms in total. The second-order valence-corrected chi connectivity index (χ2v) is 15.5. The minimum atomic E-state index is -1.39. The van der Waals surface area contributed by atoms with E-state index in [9.17, 15) is 20.1 Å². The Balaban J connectivity index is 1.40. The van der Waals surface area contributed by atoms with Crippen LogP contribution in [-0.4, -0.2) is 39.8 Å². The van der Waals surface area contributed by atoms with Gasteiger partial charge in [0.15, 0.2) is 5.79 Å². The van der Waals surface area contributed by atoms with Crippen LogP contribution in [0.4, 0.5) is 0 Å². The second kappa shape index (κ2) is 6.86. The number of hydrogen-bond donors (Lipinski definition) is 3. The molecule has 1 saturated heterocycles. The van der Waals surface area contributed by atoms with Gasteiger partial charge < -0.3 is 20.1 Å². The molecule has 5 heteroatoms. The fourth-order valence-corrected chi connectivity index (χ4v) is 11.9. The Labute approximate surface area is 211 Å². The van der Waals surface area contributed by atoms with E-state index in [4.69, 9.17) is 4.74 Å². The monoisotopic (exact) mass is 488 g/mol. The summed E-state index contributed by atoms with van der Waals surface area (Å²) in [6, 6.07) is 0. The third-order valence-electron chi connectivity index (χ3n) is 14.7. The molecule has 6 rings (SSSR count). The minimum absolute atomic E-state index is 0.0424. The maximum Gasteiger partial charge on any atom is 0.309 e. The van der Waals surface area contributed by atoms with Crippen molar-refractivity contribution in [3.63, 3.8) is 0 Å². The first-order chi connectivity index (χ1) is 16.1. The molecule has 35 heavy (non-hydrogen) atoms. The summed E-state index contributed by atoms with van der Waals surface area (Å²) < 4.78 is 6.00. The van der Waals surface area contributed by atoms with E-state index < -0.39 is 23.3 Å². The molecule has 5 saturated carbocycles. The zero-order valence-electron chi connectivity index (χ0n) is 22.8. The Morgan fingerprint density at radius 2 is 1.49 bits per heavy atom. The van der Waals surface area contributed by atoms with Gasteiger partial charge in [-0.2, -0.15) is 0 Å². The molecule has 0 aromatic rings. The van der Waals surface area contributed by atoms with E-state index in [1.807, 2.05) is 6.92 Å². The van der Waals surface area contributed by atoms with Gasteiger partial charge in [0.25, 0.3) is 0 Å². The van der Waals surface area contributed by atoms with Crippen molar-refractivity contribution in [2.24, 2.45) is 56.2 Å². The summed E-state index contributed by atoms with van der Waals surface area (Å²) in [5, 5.41) is 32.4. The first kappa shape index (κ1) is 24.7. The van der Waals surface area contributed by atoms with Crippen LogP contribution in [0.25, 0.3) is 0 Å². The molecule has 1 heterocycles. The van der Waals surface area contributed by atoms with Gasteiger partial charge in [0.2, 0.25) is 0 Å². The van der Waals surface area contributed by atoms with Crippen molar-refractivity contribution in [2.75, 3.05) is 6.61 Å². The van der Waals surface area contributed by atoms with Gasteiger partial charge in [0.1, 0.15) is 6.10 Å². The lowest BCUT2D eigenvalue weighted by Crippen LogP contribution is -2.69. The maximum absolute atomic E-state index is 12.3. The van der Waals surface area contributed by atoms with Crippen LogP contribution in [-0.2, 0) is 9.53 Å². The maximum atomic E-state index is 12.3. The Kier molecular flexibility index (Phi) is 4.83. The highest BCUT2D eigenvalue weighted by molar-refractivity contribution is 5.74. The number of ether oxygens (including phenoxy) is 1. The van der Waals surface area contributed by atoms with Crippen molar-refractivity contribution in [2.45, 2.75) is 118 Å². The van der Waals surface area contributed by atoms with Crippen LogP contribution in [0, 0.1) is 56.2 Å². The predicted octanol–water partition coefficient (Wildman–Crippen LogP) is 5.62. The number of carbonyl (C=O) groups is 1. The average molecular weight is 489 g/mol. The minimum Gasteiger partial charge on any atom is -0.481 e. The number of aliphatic hydroxyl groups excluding tert-OH is 1. The molecule has 2 bridgehead atoms. The van der Waals surface area contributed by atoms with E-state index in [1.165, 1.54) is 12.8 Å². The molecule has 0 amide bonds. The largest absolute Gasteiger partial charge is 0.481 e. The van der Waals surface area contributed by atoms with Crippen LogP contribution in [0.3, 0.4) is 0 Å². The van der Waals surface area contributed by atoms with E-state index in [1.54, 1.807) is 0 Å². The fourth-order valence-electron chi connectivity index (χ4n) is 11.9. The number of rotatable bonds is 1. The second-order valence-electron chi connectivity index (χ2n) is 15.5. The molecule has 5 aliphatic carbocycles. The molecule has 12 atom stereocenters. The zero-order valence-corrected chi connectivity index (χ0v) is 22.8. The van der Waals surface area contributed by atoms with Crippen LogP contribution < -0.4 is 0 Å². The van der Waals surface area contributed by atoms with Crippen LogP contribution in [0.15, 0.2) is 0 Å². The lowest BCUT2D eigenvalue weighted by molar-refractivity contribution is -0.291. The molecular formula is C30H48O5. The zero-order chi connectivity index (χ0) is 25.4. The Hall–Kier alpha value is -0.650. The number of aliphatic carboxylic acids is 1. The summed E-state index contributed by atoms with van der Waals surface area (Å²) in [5.41, 5.74) is -0.0361. The third-order valence-corrected chi connectivity index (χ3v) is 14.7. The summed E-state index contributed by atoms with van der Waals surface area (Å²) >= 11 is 0. The van der Waals surface area contributed by atoms with E-state index in [-0.39, 0.29) is 33.0 Å². The summed E-state index contributed by atoms with van der Waals surface area (Å²) in [7, 11) is 0. The average Bonchev–Trinajstić information content (AvgIpc) is 2.97. The van der Waals surface area contributed by atoms with Crippen LogP contribution >= 0.6 is 0 Å². The highest BCUT2D eigenvalue weighted by atomic mass is 16.6. The first-order valence-corrected chi connectivity index (χ1v) is 14.4. The Bertz CT molecular complexity index is 951. The topological polar surface area (TPSA) is 87.0 Å². The molecule has 0 aromatic carbocycles. The molecule has 1 aliphatic heterocycles. The smallest absolute Gasteiger partial charge is 0.309 e. The number of carboxylic acid groups (broad SMARTS) is 1. The lowest BCUT2D eigenvalue weighted by Gasteiger charge is -2.74. The quantitative estimate of drug-likeness (QED) is 0.446. The van der Waals surface area contributed by atoms with Gasteiger partial charge in [-0.15, -0.1) is 0 Å². The summed E-state index contributed by atoms with van der Waals surface area (Å²) in [5.74, 6) is -0.714. The van der Waals surface area contributed by atoms with E-state index in [0.29, 0.717) is 30.8 Å².